The van der Waals surface area contributed by atoms with Crippen LogP contribution in [0.4, 0.5) is 11.4 Å². The van der Waals surface area contributed by atoms with E-state index >= 15 is 0 Å². The summed E-state index contributed by atoms with van der Waals surface area (Å²) < 4.78 is 27.6. The molecule has 3 N–H and O–H groups in total. The van der Waals surface area contributed by atoms with Crippen molar-refractivity contribution in [1.82, 2.24) is 5.32 Å². The van der Waals surface area contributed by atoms with Gasteiger partial charge in [-0.25, -0.2) is 8.42 Å². The Kier molecular flexibility index (Phi) is 7.08. The highest BCUT2D eigenvalue weighted by Crippen LogP contribution is 2.17. The molecule has 1 amide bonds. The number of hydrogen-bond acceptors (Lipinski definition) is 4. The Morgan fingerprint density at radius 2 is 1.47 bits per heavy atom. The molecule has 0 heterocycles. The zero-order valence-corrected chi connectivity index (χ0v) is 17.6. The van der Waals surface area contributed by atoms with Crippen LogP contribution in [0.5, 0.6) is 0 Å². The summed E-state index contributed by atoms with van der Waals surface area (Å²) in [6.07, 6.45) is 0.771. The summed E-state index contributed by atoms with van der Waals surface area (Å²) in [5.41, 5.74) is 3.00. The fourth-order valence-electron chi connectivity index (χ4n) is 2.80. The maximum Gasteiger partial charge on any atom is 0.261 e. The summed E-state index contributed by atoms with van der Waals surface area (Å²) in [5.74, 6) is -0.231. The Bertz CT molecular complexity index is 1060. The molecule has 0 atom stereocenters. The molecule has 3 aromatic carbocycles. The molecule has 0 fully saturated rings. The van der Waals surface area contributed by atoms with Gasteiger partial charge in [0.1, 0.15) is 0 Å². The maximum absolute atomic E-state index is 12.5. The van der Waals surface area contributed by atoms with Gasteiger partial charge in [0, 0.05) is 30.0 Å². The second-order valence-corrected chi connectivity index (χ2v) is 8.58. The van der Waals surface area contributed by atoms with Crippen molar-refractivity contribution in [2.45, 2.75) is 18.2 Å². The van der Waals surface area contributed by atoms with Gasteiger partial charge < -0.3 is 10.6 Å². The van der Waals surface area contributed by atoms with Gasteiger partial charge in [0.15, 0.2) is 0 Å². The second kappa shape index (κ2) is 9.93. The van der Waals surface area contributed by atoms with E-state index in [9.17, 15) is 13.2 Å². The zero-order valence-electron chi connectivity index (χ0n) is 16.8. The van der Waals surface area contributed by atoms with Gasteiger partial charge in [-0.05, 0) is 61.9 Å². The highest BCUT2D eigenvalue weighted by atomic mass is 32.2. The molecule has 0 spiro atoms. The minimum Gasteiger partial charge on any atom is -0.385 e. The summed E-state index contributed by atoms with van der Waals surface area (Å²) in [4.78, 5) is 12.4. The van der Waals surface area contributed by atoms with Gasteiger partial charge in [0.05, 0.1) is 4.90 Å². The Labute approximate surface area is 177 Å². The Balaban J connectivity index is 1.49. The first-order chi connectivity index (χ1) is 14.4. The van der Waals surface area contributed by atoms with Crippen molar-refractivity contribution < 1.29 is 13.2 Å². The third-order valence-corrected chi connectivity index (χ3v) is 5.87. The number of anilines is 2. The predicted molar refractivity (Wildman–Crippen MR) is 120 cm³/mol. The van der Waals surface area contributed by atoms with Crippen LogP contribution < -0.4 is 15.4 Å². The molecule has 0 unspecified atom stereocenters. The third kappa shape index (κ3) is 6.09. The van der Waals surface area contributed by atoms with Gasteiger partial charge in [-0.1, -0.05) is 35.9 Å². The highest BCUT2D eigenvalue weighted by molar-refractivity contribution is 7.92. The largest absolute Gasteiger partial charge is 0.385 e. The van der Waals surface area contributed by atoms with Crippen molar-refractivity contribution in [2.75, 3.05) is 23.1 Å². The van der Waals surface area contributed by atoms with Gasteiger partial charge in [0.2, 0.25) is 0 Å². The number of benzene rings is 3. The molecule has 0 aliphatic carbocycles. The van der Waals surface area contributed by atoms with E-state index < -0.39 is 10.0 Å². The van der Waals surface area contributed by atoms with Crippen LogP contribution in [0.2, 0.25) is 0 Å². The van der Waals surface area contributed by atoms with Crippen molar-refractivity contribution in [3.05, 3.63) is 90.0 Å². The van der Waals surface area contributed by atoms with E-state index in [0.29, 0.717) is 17.8 Å². The summed E-state index contributed by atoms with van der Waals surface area (Å²) in [6.45, 7) is 3.20. The monoisotopic (exact) mass is 423 g/mol. The molecule has 156 valence electrons. The van der Waals surface area contributed by atoms with Crippen molar-refractivity contribution >= 4 is 27.3 Å². The molecular formula is C23H25N3O3S. The van der Waals surface area contributed by atoms with Crippen LogP contribution >= 0.6 is 0 Å². The van der Waals surface area contributed by atoms with Gasteiger partial charge in [-0.2, -0.15) is 0 Å². The fourth-order valence-corrected chi connectivity index (χ4v) is 3.86. The smallest absolute Gasteiger partial charge is 0.261 e. The first-order valence-corrected chi connectivity index (χ1v) is 11.2. The molecule has 7 heteroatoms. The number of nitrogens with one attached hydrogen (secondary N) is 3. The molecule has 0 aliphatic heterocycles. The maximum atomic E-state index is 12.5. The topological polar surface area (TPSA) is 87.3 Å². The van der Waals surface area contributed by atoms with E-state index in [1.807, 2.05) is 49.4 Å². The molecule has 0 radical (unpaired) electrons. The first-order valence-electron chi connectivity index (χ1n) is 9.71. The zero-order chi connectivity index (χ0) is 21.4. The lowest BCUT2D eigenvalue weighted by molar-refractivity contribution is 0.0953. The van der Waals surface area contributed by atoms with Gasteiger partial charge in [-0.3, -0.25) is 9.52 Å². The van der Waals surface area contributed by atoms with Crippen LogP contribution in [0.25, 0.3) is 0 Å². The van der Waals surface area contributed by atoms with E-state index in [0.717, 1.165) is 24.2 Å². The normalized spacial score (nSPS) is 11.0. The van der Waals surface area contributed by atoms with Crippen molar-refractivity contribution in [3.8, 4) is 0 Å². The average molecular weight is 424 g/mol. The molecule has 6 nitrogen and oxygen atoms in total. The standard InChI is InChI=1S/C23H25N3O3S/c1-18-8-12-21(13-9-18)26-30(28,29)22-14-10-19(11-15-22)23(27)25-17-5-16-24-20-6-3-2-4-7-20/h2-4,6-15,24,26H,5,16-17H2,1H3,(H,25,27). The summed E-state index contributed by atoms with van der Waals surface area (Å²) in [6, 6.07) is 22.8. The number of hydrogen-bond donors (Lipinski definition) is 3. The number of carbonyl (C=O) groups excluding carboxylic acids is 1. The predicted octanol–water partition coefficient (Wildman–Crippen LogP) is 4.03. The number of sulfonamides is 1. The molecule has 0 bridgehead atoms. The van der Waals surface area contributed by atoms with E-state index in [1.54, 1.807) is 12.1 Å². The minimum absolute atomic E-state index is 0.103. The summed E-state index contributed by atoms with van der Waals surface area (Å²) in [5, 5.41) is 6.12. The van der Waals surface area contributed by atoms with Crippen molar-refractivity contribution in [1.29, 1.82) is 0 Å². The second-order valence-electron chi connectivity index (χ2n) is 6.90. The molecule has 3 aromatic rings. The summed E-state index contributed by atoms with van der Waals surface area (Å²) in [7, 11) is -3.71. The molecule has 0 saturated carbocycles. The van der Waals surface area contributed by atoms with Crippen LogP contribution in [-0.2, 0) is 10.0 Å². The van der Waals surface area contributed by atoms with Crippen LogP contribution in [0.15, 0.2) is 83.8 Å². The van der Waals surface area contributed by atoms with E-state index in [1.165, 1.54) is 24.3 Å². The van der Waals surface area contributed by atoms with Gasteiger partial charge >= 0.3 is 0 Å². The first kappa shape index (κ1) is 21.4. The van der Waals surface area contributed by atoms with Crippen LogP contribution in [0.1, 0.15) is 22.3 Å². The lowest BCUT2D eigenvalue weighted by Crippen LogP contribution is -2.25. The number of rotatable bonds is 9. The number of para-hydroxylation sites is 1. The number of amides is 1. The summed E-state index contributed by atoms with van der Waals surface area (Å²) >= 11 is 0. The molecule has 0 saturated heterocycles. The fraction of sp³-hybridized carbons (Fsp3) is 0.174. The Morgan fingerprint density at radius 1 is 0.800 bits per heavy atom. The quantitative estimate of drug-likeness (QED) is 0.454. The third-order valence-electron chi connectivity index (χ3n) is 4.47. The highest BCUT2D eigenvalue weighted by Gasteiger charge is 2.15. The van der Waals surface area contributed by atoms with Crippen LogP contribution in [-0.4, -0.2) is 27.4 Å². The number of carbonyl (C=O) groups is 1. The van der Waals surface area contributed by atoms with Gasteiger partial charge in [0.25, 0.3) is 15.9 Å². The van der Waals surface area contributed by atoms with E-state index in [-0.39, 0.29) is 10.8 Å². The Morgan fingerprint density at radius 3 is 2.13 bits per heavy atom. The SMILES string of the molecule is Cc1ccc(NS(=O)(=O)c2ccc(C(=O)NCCCNc3ccccc3)cc2)cc1. The van der Waals surface area contributed by atoms with E-state index in [2.05, 4.69) is 15.4 Å². The lowest BCUT2D eigenvalue weighted by atomic mass is 10.2. The molecule has 0 aromatic heterocycles. The Hall–Kier alpha value is -3.32. The molecule has 3 rings (SSSR count). The van der Waals surface area contributed by atoms with E-state index in [4.69, 9.17) is 0 Å². The molecular weight excluding hydrogens is 398 g/mol. The number of aryl methyl sites for hydroxylation is 1. The lowest BCUT2D eigenvalue weighted by Gasteiger charge is -2.10. The van der Waals surface area contributed by atoms with Crippen molar-refractivity contribution in [2.24, 2.45) is 0 Å². The molecule has 0 aliphatic rings. The molecule has 30 heavy (non-hydrogen) atoms. The van der Waals surface area contributed by atoms with Crippen LogP contribution in [0.3, 0.4) is 0 Å². The minimum atomic E-state index is -3.71. The van der Waals surface area contributed by atoms with Gasteiger partial charge in [-0.15, -0.1) is 0 Å². The average Bonchev–Trinajstić information content (AvgIpc) is 2.76. The van der Waals surface area contributed by atoms with Crippen molar-refractivity contribution in [3.63, 3.8) is 0 Å². The van der Waals surface area contributed by atoms with Crippen LogP contribution in [0, 0.1) is 6.92 Å².